The summed E-state index contributed by atoms with van der Waals surface area (Å²) in [6.45, 7) is 7.76. The van der Waals surface area contributed by atoms with Gasteiger partial charge in [0, 0.05) is 37.4 Å². The molecule has 1 fully saturated rings. The number of fused-ring (bicyclic) bond motifs is 1. The molecule has 0 bridgehead atoms. The zero-order valence-electron chi connectivity index (χ0n) is 17.7. The zero-order valence-corrected chi connectivity index (χ0v) is 17.7. The molecule has 1 unspecified atom stereocenters. The Balaban J connectivity index is 1.51. The van der Waals surface area contributed by atoms with Gasteiger partial charge in [0.1, 0.15) is 11.6 Å². The lowest BCUT2D eigenvalue weighted by molar-refractivity contribution is 0.132. The summed E-state index contributed by atoms with van der Waals surface area (Å²) < 4.78 is 20.6. The summed E-state index contributed by atoms with van der Waals surface area (Å²) in [5.74, 6) is 0.822. The van der Waals surface area contributed by atoms with Gasteiger partial charge in [-0.3, -0.25) is 4.90 Å². The van der Waals surface area contributed by atoms with Crippen LogP contribution in [0.3, 0.4) is 0 Å². The van der Waals surface area contributed by atoms with E-state index in [1.807, 2.05) is 23.8 Å². The summed E-state index contributed by atoms with van der Waals surface area (Å²) in [4.78, 5) is 9.45. The number of anilines is 1. The molecule has 0 N–H and O–H groups in total. The number of ether oxygens (including phenoxy) is 1. The largest absolute Gasteiger partial charge is 0.376 e. The van der Waals surface area contributed by atoms with Crippen LogP contribution in [0.5, 0.6) is 0 Å². The lowest BCUT2D eigenvalue weighted by Gasteiger charge is -2.22. The van der Waals surface area contributed by atoms with E-state index in [0.29, 0.717) is 25.7 Å². The van der Waals surface area contributed by atoms with Crippen molar-refractivity contribution < 1.29 is 9.13 Å². The third-order valence-corrected chi connectivity index (χ3v) is 5.22. The second kappa shape index (κ2) is 10.5. The van der Waals surface area contributed by atoms with Crippen LogP contribution in [0.2, 0.25) is 0 Å². The molecule has 1 saturated heterocycles. The average Bonchev–Trinajstić information content (AvgIpc) is 3.30. The lowest BCUT2D eigenvalue weighted by atomic mass is 10.2. The molecule has 2 aromatic rings. The Kier molecular flexibility index (Phi) is 7.77. The van der Waals surface area contributed by atoms with Crippen molar-refractivity contribution >= 4 is 11.5 Å². The van der Waals surface area contributed by atoms with Gasteiger partial charge in [-0.2, -0.15) is 5.10 Å². The Morgan fingerprint density at radius 3 is 3.07 bits per heavy atom. The van der Waals surface area contributed by atoms with Crippen molar-refractivity contribution in [2.45, 2.75) is 45.7 Å². The van der Waals surface area contributed by atoms with E-state index < -0.39 is 0 Å². The maximum atomic E-state index is 13.2. The first-order chi connectivity index (χ1) is 14.1. The number of halogens is 1. The van der Waals surface area contributed by atoms with E-state index in [2.05, 4.69) is 34.9 Å². The fourth-order valence-electron chi connectivity index (χ4n) is 3.62. The Labute approximate surface area is 172 Å². The minimum absolute atomic E-state index is 0.212. The fraction of sp³-hybridized carbons (Fsp3) is 0.545. The molecule has 1 aliphatic heterocycles. The Morgan fingerprint density at radius 2 is 2.31 bits per heavy atom. The third kappa shape index (κ3) is 5.87. The number of allylic oxidation sites excluding steroid dienone is 3. The summed E-state index contributed by atoms with van der Waals surface area (Å²) in [5.41, 5.74) is 2.02. The predicted octanol–water partition coefficient (Wildman–Crippen LogP) is 3.99. The molecule has 1 aliphatic rings. The van der Waals surface area contributed by atoms with Crippen molar-refractivity contribution in [2.24, 2.45) is 0 Å². The third-order valence-electron chi connectivity index (χ3n) is 5.22. The SMILES string of the molecule is CC/C=C(F)\C=C/COCCN(C)Cc1cnn2ccc(N3CCCC3C)nc12. The van der Waals surface area contributed by atoms with Gasteiger partial charge in [-0.15, -0.1) is 0 Å². The summed E-state index contributed by atoms with van der Waals surface area (Å²) in [6.07, 6.45) is 11.7. The highest BCUT2D eigenvalue weighted by Crippen LogP contribution is 2.24. The first-order valence-electron chi connectivity index (χ1n) is 10.5. The molecule has 0 aromatic carbocycles. The molecule has 2 aromatic heterocycles. The molecule has 1 atom stereocenters. The van der Waals surface area contributed by atoms with Crippen molar-refractivity contribution in [1.29, 1.82) is 0 Å². The fourth-order valence-corrected chi connectivity index (χ4v) is 3.62. The second-order valence-electron chi connectivity index (χ2n) is 7.62. The lowest BCUT2D eigenvalue weighted by Crippen LogP contribution is -2.27. The molecule has 158 valence electrons. The number of rotatable bonds is 10. The molecule has 0 aliphatic carbocycles. The van der Waals surface area contributed by atoms with Crippen molar-refractivity contribution in [1.82, 2.24) is 19.5 Å². The van der Waals surface area contributed by atoms with E-state index in [9.17, 15) is 4.39 Å². The number of hydrogen-bond donors (Lipinski definition) is 0. The van der Waals surface area contributed by atoms with Crippen molar-refractivity contribution in [3.8, 4) is 0 Å². The molecule has 3 rings (SSSR count). The van der Waals surface area contributed by atoms with E-state index >= 15 is 0 Å². The zero-order chi connectivity index (χ0) is 20.6. The maximum Gasteiger partial charge on any atom is 0.161 e. The van der Waals surface area contributed by atoms with Crippen LogP contribution in [0.1, 0.15) is 38.7 Å². The summed E-state index contributed by atoms with van der Waals surface area (Å²) >= 11 is 0. The van der Waals surface area contributed by atoms with Gasteiger partial charge < -0.3 is 9.64 Å². The van der Waals surface area contributed by atoms with Gasteiger partial charge in [-0.25, -0.2) is 13.9 Å². The standard InChI is InChI=1S/C22H32FN5O/c1-4-7-20(23)9-6-14-29-15-13-26(3)17-19-16-24-28-12-10-21(25-22(19)28)27-11-5-8-18(27)2/h6-7,9-10,12,16,18H,4-5,8,11,13-15,17H2,1-3H3/b9-6-,20-7+. The van der Waals surface area contributed by atoms with Crippen LogP contribution in [0, 0.1) is 0 Å². The maximum absolute atomic E-state index is 13.2. The molecular formula is C22H32FN5O. The number of hydrogen-bond acceptors (Lipinski definition) is 5. The second-order valence-corrected chi connectivity index (χ2v) is 7.62. The summed E-state index contributed by atoms with van der Waals surface area (Å²) in [6, 6.07) is 2.59. The van der Waals surface area contributed by atoms with Gasteiger partial charge in [-0.05, 0) is 51.5 Å². The van der Waals surface area contributed by atoms with E-state index in [1.165, 1.54) is 18.9 Å². The molecule has 0 amide bonds. The molecule has 0 radical (unpaired) electrons. The minimum atomic E-state index is -0.212. The highest BCUT2D eigenvalue weighted by atomic mass is 19.1. The van der Waals surface area contributed by atoms with Crippen molar-refractivity contribution in [3.63, 3.8) is 0 Å². The predicted molar refractivity (Wildman–Crippen MR) is 115 cm³/mol. The van der Waals surface area contributed by atoms with Crippen LogP contribution in [0.25, 0.3) is 5.65 Å². The summed E-state index contributed by atoms with van der Waals surface area (Å²) in [5, 5.41) is 4.44. The van der Waals surface area contributed by atoms with Gasteiger partial charge in [0.2, 0.25) is 0 Å². The average molecular weight is 402 g/mol. The summed E-state index contributed by atoms with van der Waals surface area (Å²) in [7, 11) is 2.05. The van der Waals surface area contributed by atoms with Crippen LogP contribution in [0.15, 0.2) is 42.5 Å². The Hall–Kier alpha value is -2.25. The number of nitrogens with zero attached hydrogens (tertiary/aromatic N) is 5. The van der Waals surface area contributed by atoms with Gasteiger partial charge in [0.05, 0.1) is 19.4 Å². The minimum Gasteiger partial charge on any atom is -0.376 e. The number of aromatic nitrogens is 3. The van der Waals surface area contributed by atoms with E-state index in [-0.39, 0.29) is 5.83 Å². The van der Waals surface area contributed by atoms with Crippen LogP contribution in [0.4, 0.5) is 10.2 Å². The van der Waals surface area contributed by atoms with Gasteiger partial charge in [0.25, 0.3) is 0 Å². The Morgan fingerprint density at radius 1 is 1.45 bits per heavy atom. The Bertz CT molecular complexity index is 847. The van der Waals surface area contributed by atoms with Crippen LogP contribution in [-0.2, 0) is 11.3 Å². The van der Waals surface area contributed by atoms with E-state index in [1.54, 1.807) is 12.2 Å². The van der Waals surface area contributed by atoms with Crippen molar-refractivity contribution in [3.05, 3.63) is 48.1 Å². The quantitative estimate of drug-likeness (QED) is 0.445. The van der Waals surface area contributed by atoms with Crippen molar-refractivity contribution in [2.75, 3.05) is 38.3 Å². The molecule has 0 spiro atoms. The first kappa shape index (κ1) is 21.5. The molecule has 3 heterocycles. The molecule has 0 saturated carbocycles. The molecular weight excluding hydrogens is 369 g/mol. The van der Waals surface area contributed by atoms with Gasteiger partial charge in [-0.1, -0.05) is 13.0 Å². The van der Waals surface area contributed by atoms with Crippen LogP contribution in [-0.4, -0.2) is 58.9 Å². The van der Waals surface area contributed by atoms with Crippen LogP contribution < -0.4 is 4.90 Å². The smallest absolute Gasteiger partial charge is 0.161 e. The highest BCUT2D eigenvalue weighted by Gasteiger charge is 2.22. The van der Waals surface area contributed by atoms with E-state index in [4.69, 9.17) is 9.72 Å². The van der Waals surface area contributed by atoms with Gasteiger partial charge in [0.15, 0.2) is 5.65 Å². The van der Waals surface area contributed by atoms with Gasteiger partial charge >= 0.3 is 0 Å². The normalized spacial score (nSPS) is 18.0. The van der Waals surface area contributed by atoms with E-state index in [0.717, 1.165) is 36.7 Å². The first-order valence-corrected chi connectivity index (χ1v) is 10.5. The molecule has 6 nitrogen and oxygen atoms in total. The van der Waals surface area contributed by atoms with Crippen LogP contribution >= 0.6 is 0 Å². The molecule has 29 heavy (non-hydrogen) atoms. The molecule has 7 heteroatoms. The topological polar surface area (TPSA) is 45.9 Å². The monoisotopic (exact) mass is 401 g/mol. The number of likely N-dealkylation sites (N-methyl/N-ethyl adjacent to an activating group) is 1. The highest BCUT2D eigenvalue weighted by molar-refractivity contribution is 5.53.